The molecule has 2 aliphatic rings. The second-order valence-electron chi connectivity index (χ2n) is 4.79. The van der Waals surface area contributed by atoms with Gasteiger partial charge in [0.25, 0.3) is 0 Å². The van der Waals surface area contributed by atoms with Gasteiger partial charge in [-0.15, -0.1) is 0 Å². The first-order valence-electron chi connectivity index (χ1n) is 6.46. The van der Waals surface area contributed by atoms with Crippen molar-refractivity contribution in [2.45, 2.75) is 6.10 Å². The monoisotopic (exact) mass is 266 g/mol. The molecular formula is C17H14O3. The summed E-state index contributed by atoms with van der Waals surface area (Å²) in [4.78, 5) is 10.6. The zero-order chi connectivity index (χ0) is 13.9. The lowest BCUT2D eigenvalue weighted by Gasteiger charge is -2.21. The first kappa shape index (κ1) is 12.5. The Morgan fingerprint density at radius 2 is 2.00 bits per heavy atom. The predicted octanol–water partition coefficient (Wildman–Crippen LogP) is 1.36. The van der Waals surface area contributed by atoms with Crippen LogP contribution in [-0.4, -0.2) is 17.2 Å². The number of ether oxygens (including phenoxy) is 1. The molecule has 3 nitrogen and oxygen atoms in total. The maximum absolute atomic E-state index is 10.6. The van der Waals surface area contributed by atoms with Crippen molar-refractivity contribution in [2.75, 3.05) is 0 Å². The van der Waals surface area contributed by atoms with Crippen LogP contribution < -0.4 is 10.4 Å². The summed E-state index contributed by atoms with van der Waals surface area (Å²) in [6, 6.07) is 8.05. The average Bonchev–Trinajstić information content (AvgIpc) is 2.63. The van der Waals surface area contributed by atoms with E-state index in [9.17, 15) is 4.79 Å². The van der Waals surface area contributed by atoms with Gasteiger partial charge in [0, 0.05) is 17.2 Å². The van der Waals surface area contributed by atoms with Crippen LogP contribution in [0.15, 0.2) is 60.2 Å². The van der Waals surface area contributed by atoms with E-state index in [-0.39, 0.29) is 12.0 Å². The highest BCUT2D eigenvalue weighted by molar-refractivity contribution is 5.80. The molecule has 0 bridgehead atoms. The topological polar surface area (TPSA) is 46.5 Å². The minimum atomic E-state index is -0.943. The first-order chi connectivity index (χ1) is 9.72. The molecule has 0 aromatic heterocycles. The summed E-state index contributed by atoms with van der Waals surface area (Å²) >= 11 is 0. The molecule has 0 saturated heterocycles. The van der Waals surface area contributed by atoms with Crippen LogP contribution in [0.2, 0.25) is 0 Å². The van der Waals surface area contributed by atoms with Gasteiger partial charge >= 0.3 is 5.97 Å². The van der Waals surface area contributed by atoms with Gasteiger partial charge in [-0.05, 0) is 22.9 Å². The molecule has 0 spiro atoms. The SMILES string of the molecule is O=C(O)/C=C/C1=CC2C=c3ccccc3=COC2C=C1. The Hall–Kier alpha value is -2.55. The number of carboxylic acid groups (broad SMARTS) is 1. The summed E-state index contributed by atoms with van der Waals surface area (Å²) in [5.74, 6) is -0.838. The Morgan fingerprint density at radius 3 is 2.80 bits per heavy atom. The number of allylic oxidation sites excluding steroid dienone is 3. The lowest BCUT2D eigenvalue weighted by atomic mass is 9.92. The van der Waals surface area contributed by atoms with Crippen molar-refractivity contribution in [1.82, 2.24) is 0 Å². The highest BCUT2D eigenvalue weighted by Gasteiger charge is 2.20. The second-order valence-corrected chi connectivity index (χ2v) is 4.79. The van der Waals surface area contributed by atoms with Crippen molar-refractivity contribution in [3.05, 3.63) is 70.7 Å². The van der Waals surface area contributed by atoms with Gasteiger partial charge < -0.3 is 9.84 Å². The normalized spacial score (nSPS) is 23.5. The van der Waals surface area contributed by atoms with Crippen molar-refractivity contribution in [3.63, 3.8) is 0 Å². The number of carboxylic acids is 1. The third-order valence-electron chi connectivity index (χ3n) is 3.38. The minimum absolute atomic E-state index is 0.0376. The Kier molecular flexibility index (Phi) is 3.25. The minimum Gasteiger partial charge on any atom is -0.492 e. The molecule has 0 saturated carbocycles. The summed E-state index contributed by atoms with van der Waals surface area (Å²) in [6.45, 7) is 0. The van der Waals surface area contributed by atoms with E-state index in [1.165, 1.54) is 0 Å². The molecule has 2 unspecified atom stereocenters. The lowest BCUT2D eigenvalue weighted by molar-refractivity contribution is -0.131. The molecule has 3 rings (SSSR count). The highest BCUT2D eigenvalue weighted by atomic mass is 16.5. The number of fused-ring (bicyclic) bond motifs is 2. The molecule has 1 N–H and O–H groups in total. The summed E-state index contributed by atoms with van der Waals surface area (Å²) < 4.78 is 5.78. The zero-order valence-electron chi connectivity index (χ0n) is 10.8. The largest absolute Gasteiger partial charge is 0.492 e. The summed E-state index contributed by atoms with van der Waals surface area (Å²) in [5, 5.41) is 10.9. The van der Waals surface area contributed by atoms with E-state index in [1.54, 1.807) is 12.3 Å². The fourth-order valence-corrected chi connectivity index (χ4v) is 2.39. The number of carbonyl (C=O) groups is 1. The van der Waals surface area contributed by atoms with Gasteiger partial charge in [0.15, 0.2) is 0 Å². The Balaban J connectivity index is 1.99. The number of hydrogen-bond acceptors (Lipinski definition) is 2. The van der Waals surface area contributed by atoms with Crippen LogP contribution in [0.5, 0.6) is 0 Å². The van der Waals surface area contributed by atoms with Crippen LogP contribution in [0, 0.1) is 5.92 Å². The molecular weight excluding hydrogens is 252 g/mol. The van der Waals surface area contributed by atoms with Crippen LogP contribution in [-0.2, 0) is 9.53 Å². The lowest BCUT2D eigenvalue weighted by Crippen LogP contribution is -2.24. The highest BCUT2D eigenvalue weighted by Crippen LogP contribution is 2.23. The number of benzene rings is 1. The van der Waals surface area contributed by atoms with Crippen molar-refractivity contribution in [3.8, 4) is 0 Å². The summed E-state index contributed by atoms with van der Waals surface area (Å²) in [5.41, 5.74) is 0.882. The fourth-order valence-electron chi connectivity index (χ4n) is 2.39. The van der Waals surface area contributed by atoms with Crippen molar-refractivity contribution >= 4 is 18.3 Å². The van der Waals surface area contributed by atoms with E-state index in [4.69, 9.17) is 9.84 Å². The van der Waals surface area contributed by atoms with Crippen molar-refractivity contribution in [1.29, 1.82) is 0 Å². The van der Waals surface area contributed by atoms with Gasteiger partial charge in [-0.2, -0.15) is 0 Å². The maximum atomic E-state index is 10.6. The average molecular weight is 266 g/mol. The molecule has 2 atom stereocenters. The molecule has 3 heteroatoms. The van der Waals surface area contributed by atoms with Crippen LogP contribution >= 0.6 is 0 Å². The molecule has 1 aromatic carbocycles. The van der Waals surface area contributed by atoms with Crippen LogP contribution in [0.4, 0.5) is 0 Å². The molecule has 0 fully saturated rings. The third-order valence-corrected chi connectivity index (χ3v) is 3.38. The summed E-state index contributed by atoms with van der Waals surface area (Å²) in [6.07, 6.45) is 12.5. The third kappa shape index (κ3) is 2.57. The molecule has 20 heavy (non-hydrogen) atoms. The van der Waals surface area contributed by atoms with Gasteiger partial charge in [0.05, 0.1) is 6.26 Å². The second kappa shape index (κ2) is 5.21. The van der Waals surface area contributed by atoms with Gasteiger partial charge in [-0.3, -0.25) is 0 Å². The first-order valence-corrected chi connectivity index (χ1v) is 6.46. The number of aliphatic carboxylic acids is 1. The van der Waals surface area contributed by atoms with Gasteiger partial charge in [-0.25, -0.2) is 4.79 Å². The Labute approximate surface area is 116 Å². The van der Waals surface area contributed by atoms with Gasteiger partial charge in [-0.1, -0.05) is 42.5 Å². The van der Waals surface area contributed by atoms with E-state index in [2.05, 4.69) is 12.1 Å². The standard InChI is InChI=1S/C17H14O3/c18-17(19)8-6-12-5-7-16-15(9-12)10-13-3-1-2-4-14(13)11-20-16/h1-11,15-16H,(H,18,19)/b8-6+. The molecule has 1 aliphatic carbocycles. The molecule has 1 aliphatic heterocycles. The van der Waals surface area contributed by atoms with E-state index in [0.29, 0.717) is 0 Å². The van der Waals surface area contributed by atoms with E-state index >= 15 is 0 Å². The maximum Gasteiger partial charge on any atom is 0.328 e. The fraction of sp³-hybridized carbons (Fsp3) is 0.118. The Bertz CT molecular complexity index is 738. The van der Waals surface area contributed by atoms with Gasteiger partial charge in [0.2, 0.25) is 0 Å². The number of hydrogen-bond donors (Lipinski definition) is 1. The van der Waals surface area contributed by atoms with Crippen LogP contribution in [0.3, 0.4) is 0 Å². The molecule has 100 valence electrons. The smallest absolute Gasteiger partial charge is 0.328 e. The summed E-state index contributed by atoms with van der Waals surface area (Å²) in [7, 11) is 0. The van der Waals surface area contributed by atoms with Gasteiger partial charge in [0.1, 0.15) is 6.10 Å². The quantitative estimate of drug-likeness (QED) is 0.822. The molecule has 0 radical (unpaired) electrons. The molecule has 1 heterocycles. The Morgan fingerprint density at radius 1 is 1.20 bits per heavy atom. The van der Waals surface area contributed by atoms with Crippen molar-refractivity contribution < 1.29 is 14.6 Å². The molecule has 1 aromatic rings. The number of rotatable bonds is 2. The zero-order valence-corrected chi connectivity index (χ0v) is 10.8. The van der Waals surface area contributed by atoms with E-state index < -0.39 is 5.97 Å². The van der Waals surface area contributed by atoms with E-state index in [1.807, 2.05) is 36.4 Å². The van der Waals surface area contributed by atoms with E-state index in [0.717, 1.165) is 22.1 Å². The predicted molar refractivity (Wildman–Crippen MR) is 77.0 cm³/mol. The van der Waals surface area contributed by atoms with Crippen molar-refractivity contribution in [2.24, 2.45) is 5.92 Å². The molecule has 0 amide bonds. The van der Waals surface area contributed by atoms with Crippen LogP contribution in [0.1, 0.15) is 0 Å². The van der Waals surface area contributed by atoms with Crippen LogP contribution in [0.25, 0.3) is 12.3 Å².